The standard InChI is InChI=1S/C35H37N3O5/c1-24(8-6-14-32(40)36-21-7-10-28(36)23-39)35(43)29-11-3-5-13-31(29)37(34(35)42)22-25-15-18-27(19-16-25)38-30-12-4-2-9-26(30)17-20-33(38)41/h2-6,8-9,11-13,15-16,18-19,24,28,39,43H,7,10,14,17,20-23H2,1H3/b8-6+/t24-,28-,35+/m0/s1. The van der Waals surface area contributed by atoms with Crippen molar-refractivity contribution in [1.82, 2.24) is 4.90 Å². The Bertz CT molecular complexity index is 1570. The molecule has 8 heteroatoms. The Morgan fingerprint density at radius 3 is 2.49 bits per heavy atom. The van der Waals surface area contributed by atoms with Crippen molar-refractivity contribution < 1.29 is 24.6 Å². The smallest absolute Gasteiger partial charge is 0.264 e. The molecule has 0 aliphatic carbocycles. The molecule has 1 saturated heterocycles. The number of nitrogens with zero attached hydrogens (tertiary/aromatic N) is 3. The van der Waals surface area contributed by atoms with Gasteiger partial charge in [-0.1, -0.05) is 67.6 Å². The van der Waals surface area contributed by atoms with Gasteiger partial charge in [0.2, 0.25) is 11.8 Å². The van der Waals surface area contributed by atoms with Crippen LogP contribution in [0, 0.1) is 5.92 Å². The highest BCUT2D eigenvalue weighted by Gasteiger charge is 2.52. The third-order valence-electron chi connectivity index (χ3n) is 9.09. The van der Waals surface area contributed by atoms with Crippen LogP contribution in [0.5, 0.6) is 0 Å². The number of aryl methyl sites for hydroxylation is 1. The Hall–Kier alpha value is -4.27. The SMILES string of the molecule is C[C@@H](/C=C/CC(=O)N1CCC[C@H]1CO)[C@]1(O)C(=O)N(Cc2ccc(N3C(=O)CCc4ccccc43)cc2)c2ccccc21. The fourth-order valence-electron chi connectivity index (χ4n) is 6.69. The number of rotatable bonds is 8. The summed E-state index contributed by atoms with van der Waals surface area (Å²) in [6.45, 7) is 2.64. The van der Waals surface area contributed by atoms with E-state index in [0.717, 1.165) is 41.8 Å². The highest BCUT2D eigenvalue weighted by molar-refractivity contribution is 6.07. The van der Waals surface area contributed by atoms with Crippen LogP contribution in [0.15, 0.2) is 84.9 Å². The number of carbonyl (C=O) groups excluding carboxylic acids is 3. The van der Waals surface area contributed by atoms with E-state index in [1.54, 1.807) is 39.8 Å². The van der Waals surface area contributed by atoms with Gasteiger partial charge in [0, 0.05) is 36.6 Å². The monoisotopic (exact) mass is 579 g/mol. The van der Waals surface area contributed by atoms with Gasteiger partial charge in [-0.3, -0.25) is 19.3 Å². The topological polar surface area (TPSA) is 101 Å². The number of benzene rings is 3. The Labute approximate surface area is 251 Å². The molecule has 0 bridgehead atoms. The second-order valence-corrected chi connectivity index (χ2v) is 11.7. The summed E-state index contributed by atoms with van der Waals surface area (Å²) in [5.41, 5.74) is 3.10. The van der Waals surface area contributed by atoms with Crippen molar-refractivity contribution in [3.05, 3.63) is 102 Å². The molecule has 1 fully saturated rings. The van der Waals surface area contributed by atoms with Crippen LogP contribution in [0.4, 0.5) is 17.1 Å². The minimum atomic E-state index is -1.78. The summed E-state index contributed by atoms with van der Waals surface area (Å²) in [4.78, 5) is 44.6. The molecule has 3 aromatic rings. The zero-order valence-corrected chi connectivity index (χ0v) is 24.4. The average Bonchev–Trinajstić information content (AvgIpc) is 3.60. The van der Waals surface area contributed by atoms with Gasteiger partial charge in [0.05, 0.1) is 30.6 Å². The molecule has 222 valence electrons. The number of aliphatic hydroxyl groups excluding tert-OH is 1. The van der Waals surface area contributed by atoms with Crippen LogP contribution in [0.3, 0.4) is 0 Å². The first-order valence-electron chi connectivity index (χ1n) is 15.0. The maximum atomic E-state index is 13.9. The first-order valence-corrected chi connectivity index (χ1v) is 15.0. The van der Waals surface area contributed by atoms with Gasteiger partial charge < -0.3 is 20.0 Å². The second kappa shape index (κ2) is 11.8. The minimum absolute atomic E-state index is 0.0419. The van der Waals surface area contributed by atoms with Gasteiger partial charge in [-0.05, 0) is 54.7 Å². The first kappa shape index (κ1) is 28.8. The highest BCUT2D eigenvalue weighted by Crippen LogP contribution is 2.46. The van der Waals surface area contributed by atoms with E-state index in [-0.39, 0.29) is 37.4 Å². The normalized spacial score (nSPS) is 22.3. The molecule has 3 aliphatic rings. The van der Waals surface area contributed by atoms with E-state index in [1.807, 2.05) is 60.7 Å². The lowest BCUT2D eigenvalue weighted by molar-refractivity contribution is -0.139. The van der Waals surface area contributed by atoms with Crippen molar-refractivity contribution in [2.24, 2.45) is 5.92 Å². The molecular weight excluding hydrogens is 542 g/mol. The number of fused-ring (bicyclic) bond motifs is 2. The third kappa shape index (κ3) is 5.15. The summed E-state index contributed by atoms with van der Waals surface area (Å²) < 4.78 is 0. The zero-order chi connectivity index (χ0) is 30.1. The van der Waals surface area contributed by atoms with Gasteiger partial charge in [-0.15, -0.1) is 0 Å². The lowest BCUT2D eigenvalue weighted by Crippen LogP contribution is -2.44. The summed E-state index contributed by atoms with van der Waals surface area (Å²) in [7, 11) is 0. The minimum Gasteiger partial charge on any atom is -0.394 e. The van der Waals surface area contributed by atoms with Gasteiger partial charge in [0.25, 0.3) is 5.91 Å². The van der Waals surface area contributed by atoms with Gasteiger partial charge in [-0.2, -0.15) is 0 Å². The maximum absolute atomic E-state index is 13.9. The second-order valence-electron chi connectivity index (χ2n) is 11.7. The van der Waals surface area contributed by atoms with Crippen molar-refractivity contribution in [2.45, 2.75) is 57.2 Å². The molecular formula is C35H37N3O5. The summed E-state index contributed by atoms with van der Waals surface area (Å²) in [5.74, 6) is -1.01. The highest BCUT2D eigenvalue weighted by atomic mass is 16.3. The number of carbonyl (C=O) groups is 3. The molecule has 3 aliphatic heterocycles. The van der Waals surface area contributed by atoms with E-state index in [1.165, 1.54) is 0 Å². The molecule has 3 amide bonds. The quantitative estimate of drug-likeness (QED) is 0.380. The van der Waals surface area contributed by atoms with Crippen LogP contribution in [0.2, 0.25) is 0 Å². The van der Waals surface area contributed by atoms with Crippen molar-refractivity contribution in [2.75, 3.05) is 23.0 Å². The lowest BCUT2D eigenvalue weighted by Gasteiger charge is -2.30. The molecule has 0 radical (unpaired) electrons. The third-order valence-corrected chi connectivity index (χ3v) is 9.09. The number of hydrogen-bond acceptors (Lipinski definition) is 5. The van der Waals surface area contributed by atoms with Gasteiger partial charge >= 0.3 is 0 Å². The first-order chi connectivity index (χ1) is 20.8. The van der Waals surface area contributed by atoms with Crippen molar-refractivity contribution >= 4 is 34.8 Å². The maximum Gasteiger partial charge on any atom is 0.264 e. The van der Waals surface area contributed by atoms with Crippen molar-refractivity contribution in [1.29, 1.82) is 0 Å². The van der Waals surface area contributed by atoms with Crippen molar-refractivity contribution in [3.8, 4) is 0 Å². The molecule has 6 rings (SSSR count). The predicted molar refractivity (Wildman–Crippen MR) is 165 cm³/mol. The molecule has 43 heavy (non-hydrogen) atoms. The van der Waals surface area contributed by atoms with Gasteiger partial charge in [0.15, 0.2) is 5.60 Å². The summed E-state index contributed by atoms with van der Waals surface area (Å²) in [6, 6.07) is 22.7. The fraction of sp³-hybridized carbons (Fsp3) is 0.343. The molecule has 0 aromatic heterocycles. The molecule has 8 nitrogen and oxygen atoms in total. The predicted octanol–water partition coefficient (Wildman–Crippen LogP) is 4.60. The Kier molecular flexibility index (Phi) is 7.90. The van der Waals surface area contributed by atoms with Crippen LogP contribution in [-0.4, -0.2) is 52.0 Å². The van der Waals surface area contributed by atoms with Crippen molar-refractivity contribution in [3.63, 3.8) is 0 Å². The van der Waals surface area contributed by atoms with E-state index in [4.69, 9.17) is 0 Å². The van der Waals surface area contributed by atoms with Crippen LogP contribution >= 0.6 is 0 Å². The zero-order valence-electron chi connectivity index (χ0n) is 24.4. The number of likely N-dealkylation sites (tertiary alicyclic amines) is 1. The molecule has 0 unspecified atom stereocenters. The number of hydrogen-bond donors (Lipinski definition) is 2. The number of aliphatic hydroxyl groups is 2. The van der Waals surface area contributed by atoms with E-state index in [0.29, 0.717) is 24.2 Å². The molecule has 2 N–H and O–H groups in total. The summed E-state index contributed by atoms with van der Waals surface area (Å²) in [5, 5.41) is 21.5. The van der Waals surface area contributed by atoms with Crippen LogP contribution < -0.4 is 9.80 Å². The van der Waals surface area contributed by atoms with E-state index in [9.17, 15) is 24.6 Å². The van der Waals surface area contributed by atoms with Crippen LogP contribution in [0.1, 0.15) is 49.3 Å². The van der Waals surface area contributed by atoms with Crippen LogP contribution in [-0.2, 0) is 33.0 Å². The Morgan fingerprint density at radius 1 is 1.00 bits per heavy atom. The van der Waals surface area contributed by atoms with Gasteiger partial charge in [0.1, 0.15) is 0 Å². The number of anilines is 3. The van der Waals surface area contributed by atoms with E-state index >= 15 is 0 Å². The van der Waals surface area contributed by atoms with E-state index < -0.39 is 17.4 Å². The Morgan fingerprint density at radius 2 is 1.72 bits per heavy atom. The molecule has 0 spiro atoms. The number of para-hydroxylation sites is 2. The number of amides is 3. The van der Waals surface area contributed by atoms with Gasteiger partial charge in [-0.25, -0.2) is 0 Å². The molecule has 0 saturated carbocycles. The molecule has 3 heterocycles. The molecule has 3 aromatic carbocycles. The fourth-order valence-corrected chi connectivity index (χ4v) is 6.69. The Balaban J connectivity index is 1.19. The largest absolute Gasteiger partial charge is 0.394 e. The lowest BCUT2D eigenvalue weighted by atomic mass is 9.83. The molecule has 3 atom stereocenters. The summed E-state index contributed by atoms with van der Waals surface area (Å²) in [6.07, 6.45) is 6.47. The van der Waals surface area contributed by atoms with Crippen LogP contribution in [0.25, 0.3) is 0 Å². The average molecular weight is 580 g/mol. The van der Waals surface area contributed by atoms with E-state index in [2.05, 4.69) is 6.07 Å². The summed E-state index contributed by atoms with van der Waals surface area (Å²) >= 11 is 0.